The third kappa shape index (κ3) is 4.75. The molecule has 114 valence electrons. The van der Waals surface area contributed by atoms with E-state index in [4.69, 9.17) is 0 Å². The Morgan fingerprint density at radius 2 is 1.74 bits per heavy atom. The molecule has 0 radical (unpaired) electrons. The van der Waals surface area contributed by atoms with E-state index in [2.05, 4.69) is 37.9 Å². The summed E-state index contributed by atoms with van der Waals surface area (Å²) in [5.74, 6) is 0. The molecular formula is C17H36N2. The minimum Gasteiger partial charge on any atom is -0.312 e. The van der Waals surface area contributed by atoms with Crippen molar-refractivity contribution in [3.63, 3.8) is 0 Å². The van der Waals surface area contributed by atoms with Crippen molar-refractivity contribution in [1.82, 2.24) is 10.2 Å². The van der Waals surface area contributed by atoms with Gasteiger partial charge in [0.25, 0.3) is 0 Å². The summed E-state index contributed by atoms with van der Waals surface area (Å²) in [5.41, 5.74) is 0.360. The van der Waals surface area contributed by atoms with Crippen LogP contribution in [-0.2, 0) is 0 Å². The standard InChI is InChI=1S/C17H36N2/c1-5-8-9-10-13-16(18-7-3)17(4,6-2)19-14-11-12-15-19/h16,18H,5-15H2,1-4H3. The van der Waals surface area contributed by atoms with Crippen LogP contribution in [0, 0.1) is 0 Å². The van der Waals surface area contributed by atoms with Gasteiger partial charge in [0.15, 0.2) is 0 Å². The molecule has 0 aliphatic carbocycles. The number of likely N-dealkylation sites (N-methyl/N-ethyl adjacent to an activating group) is 1. The van der Waals surface area contributed by atoms with Gasteiger partial charge in [0, 0.05) is 11.6 Å². The lowest BCUT2D eigenvalue weighted by Gasteiger charge is -2.45. The minimum atomic E-state index is 0.360. The number of rotatable bonds is 10. The van der Waals surface area contributed by atoms with E-state index >= 15 is 0 Å². The molecule has 2 unspecified atom stereocenters. The molecular weight excluding hydrogens is 232 g/mol. The van der Waals surface area contributed by atoms with Gasteiger partial charge in [-0.05, 0) is 52.2 Å². The number of nitrogens with zero attached hydrogens (tertiary/aromatic N) is 1. The van der Waals surface area contributed by atoms with Crippen molar-refractivity contribution >= 4 is 0 Å². The van der Waals surface area contributed by atoms with Gasteiger partial charge in [-0.2, -0.15) is 0 Å². The Labute approximate surface area is 121 Å². The first-order valence-electron chi connectivity index (χ1n) is 8.67. The lowest BCUT2D eigenvalue weighted by atomic mass is 9.84. The van der Waals surface area contributed by atoms with E-state index in [9.17, 15) is 0 Å². The molecule has 1 saturated heterocycles. The van der Waals surface area contributed by atoms with E-state index in [1.54, 1.807) is 0 Å². The second kappa shape index (κ2) is 8.97. The Morgan fingerprint density at radius 1 is 1.05 bits per heavy atom. The van der Waals surface area contributed by atoms with Crippen LogP contribution < -0.4 is 5.32 Å². The molecule has 0 aromatic rings. The van der Waals surface area contributed by atoms with Gasteiger partial charge in [0.05, 0.1) is 0 Å². The van der Waals surface area contributed by atoms with Gasteiger partial charge in [-0.3, -0.25) is 4.90 Å². The number of likely N-dealkylation sites (tertiary alicyclic amines) is 1. The quantitative estimate of drug-likeness (QED) is 0.597. The maximum Gasteiger partial charge on any atom is 0.0331 e. The Balaban J connectivity index is 2.58. The highest BCUT2D eigenvalue weighted by molar-refractivity contribution is 4.97. The minimum absolute atomic E-state index is 0.360. The van der Waals surface area contributed by atoms with Crippen molar-refractivity contribution in [1.29, 1.82) is 0 Å². The molecule has 2 atom stereocenters. The third-order valence-electron chi connectivity index (χ3n) is 5.09. The Kier molecular flexibility index (Phi) is 8.01. The second-order valence-corrected chi connectivity index (χ2v) is 6.36. The zero-order valence-corrected chi connectivity index (χ0v) is 13.8. The molecule has 2 heteroatoms. The van der Waals surface area contributed by atoms with Gasteiger partial charge >= 0.3 is 0 Å². The predicted octanol–water partition coefficient (Wildman–Crippen LogP) is 4.20. The van der Waals surface area contributed by atoms with E-state index in [0.717, 1.165) is 6.54 Å². The van der Waals surface area contributed by atoms with Crippen LogP contribution in [-0.4, -0.2) is 36.1 Å². The molecule has 1 aliphatic rings. The van der Waals surface area contributed by atoms with Crippen LogP contribution in [0.15, 0.2) is 0 Å². The number of hydrogen-bond donors (Lipinski definition) is 1. The van der Waals surface area contributed by atoms with E-state index < -0.39 is 0 Å². The first-order chi connectivity index (χ1) is 9.19. The summed E-state index contributed by atoms with van der Waals surface area (Å²) in [7, 11) is 0. The van der Waals surface area contributed by atoms with Crippen LogP contribution in [0.2, 0.25) is 0 Å². The number of hydrogen-bond acceptors (Lipinski definition) is 2. The molecule has 0 aromatic heterocycles. The Morgan fingerprint density at radius 3 is 2.26 bits per heavy atom. The number of nitrogens with one attached hydrogen (secondary N) is 1. The van der Waals surface area contributed by atoms with Crippen LogP contribution in [0.25, 0.3) is 0 Å². The second-order valence-electron chi connectivity index (χ2n) is 6.36. The van der Waals surface area contributed by atoms with E-state index in [0.29, 0.717) is 11.6 Å². The topological polar surface area (TPSA) is 15.3 Å². The van der Waals surface area contributed by atoms with Gasteiger partial charge in [0.2, 0.25) is 0 Å². The summed E-state index contributed by atoms with van der Waals surface area (Å²) in [6.45, 7) is 13.1. The van der Waals surface area contributed by atoms with Crippen LogP contribution in [0.5, 0.6) is 0 Å². The summed E-state index contributed by atoms with van der Waals surface area (Å²) in [6, 6.07) is 0.664. The molecule has 0 saturated carbocycles. The van der Waals surface area contributed by atoms with Gasteiger partial charge in [-0.1, -0.05) is 46.5 Å². The van der Waals surface area contributed by atoms with Crippen LogP contribution >= 0.6 is 0 Å². The average Bonchev–Trinajstić information content (AvgIpc) is 2.96. The maximum atomic E-state index is 3.79. The van der Waals surface area contributed by atoms with Crippen molar-refractivity contribution < 1.29 is 0 Å². The number of unbranched alkanes of at least 4 members (excludes halogenated alkanes) is 3. The highest BCUT2D eigenvalue weighted by Gasteiger charge is 2.38. The molecule has 0 spiro atoms. The highest BCUT2D eigenvalue weighted by atomic mass is 15.2. The fourth-order valence-corrected chi connectivity index (χ4v) is 3.57. The third-order valence-corrected chi connectivity index (χ3v) is 5.09. The van der Waals surface area contributed by atoms with Crippen molar-refractivity contribution in [3.8, 4) is 0 Å². The highest BCUT2D eigenvalue weighted by Crippen LogP contribution is 2.30. The maximum absolute atomic E-state index is 3.79. The van der Waals surface area contributed by atoms with Crippen molar-refractivity contribution in [2.45, 2.75) is 90.6 Å². The molecule has 0 bridgehead atoms. The Hall–Kier alpha value is -0.0800. The van der Waals surface area contributed by atoms with E-state index in [1.807, 2.05) is 0 Å². The van der Waals surface area contributed by atoms with E-state index in [1.165, 1.54) is 64.5 Å². The average molecular weight is 268 g/mol. The molecule has 1 rings (SSSR count). The van der Waals surface area contributed by atoms with Crippen LogP contribution in [0.4, 0.5) is 0 Å². The molecule has 1 aliphatic heterocycles. The predicted molar refractivity (Wildman–Crippen MR) is 85.7 cm³/mol. The smallest absolute Gasteiger partial charge is 0.0331 e. The zero-order valence-electron chi connectivity index (χ0n) is 13.8. The lowest BCUT2D eigenvalue weighted by molar-refractivity contribution is 0.0797. The van der Waals surface area contributed by atoms with Crippen molar-refractivity contribution in [2.24, 2.45) is 0 Å². The lowest BCUT2D eigenvalue weighted by Crippen LogP contribution is -2.58. The molecule has 2 nitrogen and oxygen atoms in total. The van der Waals surface area contributed by atoms with E-state index in [-0.39, 0.29) is 0 Å². The Bertz CT molecular complexity index is 223. The molecule has 0 aromatic carbocycles. The molecule has 1 fully saturated rings. The van der Waals surface area contributed by atoms with Crippen molar-refractivity contribution in [2.75, 3.05) is 19.6 Å². The summed E-state index contributed by atoms with van der Waals surface area (Å²) in [5, 5.41) is 3.79. The first-order valence-corrected chi connectivity index (χ1v) is 8.67. The van der Waals surface area contributed by atoms with Crippen molar-refractivity contribution in [3.05, 3.63) is 0 Å². The summed E-state index contributed by atoms with van der Waals surface area (Å²) >= 11 is 0. The van der Waals surface area contributed by atoms with Crippen LogP contribution in [0.3, 0.4) is 0 Å². The molecule has 1 heterocycles. The zero-order chi connectivity index (χ0) is 14.1. The summed E-state index contributed by atoms with van der Waals surface area (Å²) in [6.07, 6.45) is 10.9. The first kappa shape index (κ1) is 17.0. The van der Waals surface area contributed by atoms with Gasteiger partial charge < -0.3 is 5.32 Å². The normalized spacial score (nSPS) is 21.5. The van der Waals surface area contributed by atoms with Crippen LogP contribution in [0.1, 0.15) is 79.1 Å². The fraction of sp³-hybridized carbons (Fsp3) is 1.00. The summed E-state index contributed by atoms with van der Waals surface area (Å²) < 4.78 is 0. The molecule has 0 amide bonds. The molecule has 1 N–H and O–H groups in total. The summed E-state index contributed by atoms with van der Waals surface area (Å²) in [4.78, 5) is 2.75. The fourth-order valence-electron chi connectivity index (χ4n) is 3.57. The van der Waals surface area contributed by atoms with Gasteiger partial charge in [-0.25, -0.2) is 0 Å². The molecule has 19 heavy (non-hydrogen) atoms. The SMILES string of the molecule is CCCCCCC(NCC)C(C)(CC)N1CCCC1. The van der Waals surface area contributed by atoms with Gasteiger partial charge in [0.1, 0.15) is 0 Å². The monoisotopic (exact) mass is 268 g/mol. The van der Waals surface area contributed by atoms with Gasteiger partial charge in [-0.15, -0.1) is 0 Å². The largest absolute Gasteiger partial charge is 0.312 e.